The van der Waals surface area contributed by atoms with Crippen molar-refractivity contribution in [1.82, 2.24) is 19.4 Å². The standard InChI is InChI=1S/C17H16F2N4O/c1-11-7-8-12(9-20-11)16(24)22(2)10-15-21-13-5-3-4-6-14(13)23(15)17(18)19/h3-9,17H,10H2,1-2H3. The van der Waals surface area contributed by atoms with E-state index in [9.17, 15) is 13.6 Å². The van der Waals surface area contributed by atoms with Gasteiger partial charge in [-0.1, -0.05) is 12.1 Å². The van der Waals surface area contributed by atoms with Gasteiger partial charge in [-0.25, -0.2) is 4.98 Å². The number of fused-ring (bicyclic) bond motifs is 1. The van der Waals surface area contributed by atoms with E-state index in [0.29, 0.717) is 16.6 Å². The van der Waals surface area contributed by atoms with Gasteiger partial charge in [0.1, 0.15) is 5.82 Å². The molecule has 1 aromatic carbocycles. The van der Waals surface area contributed by atoms with Gasteiger partial charge in [0.2, 0.25) is 0 Å². The van der Waals surface area contributed by atoms with Gasteiger partial charge in [0.15, 0.2) is 0 Å². The number of pyridine rings is 1. The summed E-state index contributed by atoms with van der Waals surface area (Å²) in [5.74, 6) is -0.155. The van der Waals surface area contributed by atoms with Crippen LogP contribution in [0.2, 0.25) is 0 Å². The lowest BCUT2D eigenvalue weighted by molar-refractivity contribution is 0.0646. The lowest BCUT2D eigenvalue weighted by Gasteiger charge is -2.17. The maximum absolute atomic E-state index is 13.4. The zero-order chi connectivity index (χ0) is 17.3. The number of para-hydroxylation sites is 2. The molecule has 24 heavy (non-hydrogen) atoms. The van der Waals surface area contributed by atoms with Crippen LogP contribution in [0.25, 0.3) is 11.0 Å². The van der Waals surface area contributed by atoms with Gasteiger partial charge in [0.25, 0.3) is 5.91 Å². The zero-order valence-corrected chi connectivity index (χ0v) is 13.3. The molecule has 0 atom stereocenters. The normalized spacial score (nSPS) is 11.2. The molecule has 1 amide bonds. The monoisotopic (exact) mass is 330 g/mol. The van der Waals surface area contributed by atoms with Crippen LogP contribution in [0.5, 0.6) is 0 Å². The molecule has 0 saturated carbocycles. The van der Waals surface area contributed by atoms with Crippen LogP contribution in [0, 0.1) is 6.92 Å². The first kappa shape index (κ1) is 16.0. The first-order chi connectivity index (χ1) is 11.5. The molecule has 2 aromatic heterocycles. The lowest BCUT2D eigenvalue weighted by Crippen LogP contribution is -2.28. The molecule has 0 unspecified atom stereocenters. The maximum atomic E-state index is 13.4. The van der Waals surface area contributed by atoms with Crippen molar-refractivity contribution in [2.45, 2.75) is 20.0 Å². The zero-order valence-electron chi connectivity index (χ0n) is 13.3. The van der Waals surface area contributed by atoms with Gasteiger partial charge < -0.3 is 4.90 Å². The van der Waals surface area contributed by atoms with Crippen molar-refractivity contribution in [2.75, 3.05) is 7.05 Å². The highest BCUT2D eigenvalue weighted by Gasteiger charge is 2.21. The molecule has 0 spiro atoms. The van der Waals surface area contributed by atoms with Crippen molar-refractivity contribution in [3.05, 3.63) is 59.7 Å². The highest BCUT2D eigenvalue weighted by Crippen LogP contribution is 2.24. The predicted molar refractivity (Wildman–Crippen MR) is 85.8 cm³/mol. The van der Waals surface area contributed by atoms with Gasteiger partial charge in [0, 0.05) is 18.9 Å². The summed E-state index contributed by atoms with van der Waals surface area (Å²) >= 11 is 0. The fourth-order valence-corrected chi connectivity index (χ4v) is 2.52. The molecule has 0 aliphatic heterocycles. The van der Waals surface area contributed by atoms with Crippen LogP contribution >= 0.6 is 0 Å². The van der Waals surface area contributed by atoms with E-state index in [1.165, 1.54) is 11.1 Å². The Kier molecular flexibility index (Phi) is 4.24. The number of alkyl halides is 2. The van der Waals surface area contributed by atoms with Crippen molar-refractivity contribution in [1.29, 1.82) is 0 Å². The summed E-state index contributed by atoms with van der Waals surface area (Å²) in [6.45, 7) is -0.925. The number of rotatable bonds is 4. The van der Waals surface area contributed by atoms with Gasteiger partial charge in [-0.2, -0.15) is 8.78 Å². The summed E-state index contributed by atoms with van der Waals surface area (Å²) in [6.07, 6.45) is 1.48. The van der Waals surface area contributed by atoms with Crippen molar-refractivity contribution in [3.63, 3.8) is 0 Å². The van der Waals surface area contributed by atoms with Gasteiger partial charge in [-0.3, -0.25) is 14.3 Å². The van der Waals surface area contributed by atoms with E-state index in [2.05, 4.69) is 9.97 Å². The molecule has 3 rings (SSSR count). The predicted octanol–water partition coefficient (Wildman–Crippen LogP) is 3.41. The number of carbonyl (C=O) groups excluding carboxylic acids is 1. The molecule has 0 N–H and O–H groups in total. The minimum absolute atomic E-state index is 0.0221. The summed E-state index contributed by atoms with van der Waals surface area (Å²) in [6, 6.07) is 10.1. The molecular formula is C17H16F2N4O. The van der Waals surface area contributed by atoms with E-state index >= 15 is 0 Å². The quantitative estimate of drug-likeness (QED) is 0.737. The highest BCUT2D eigenvalue weighted by atomic mass is 19.3. The van der Waals surface area contributed by atoms with Crippen LogP contribution in [-0.2, 0) is 6.54 Å². The fraction of sp³-hybridized carbons (Fsp3) is 0.235. The Morgan fingerprint density at radius 1 is 1.25 bits per heavy atom. The van der Waals surface area contributed by atoms with Crippen molar-refractivity contribution in [3.8, 4) is 0 Å². The van der Waals surface area contributed by atoms with Gasteiger partial charge in [0.05, 0.1) is 23.1 Å². The Balaban J connectivity index is 1.90. The average Bonchev–Trinajstić information content (AvgIpc) is 2.92. The van der Waals surface area contributed by atoms with Crippen molar-refractivity contribution >= 4 is 16.9 Å². The van der Waals surface area contributed by atoms with Crippen LogP contribution in [-0.4, -0.2) is 32.4 Å². The van der Waals surface area contributed by atoms with E-state index in [0.717, 1.165) is 10.3 Å². The van der Waals surface area contributed by atoms with E-state index in [1.54, 1.807) is 43.4 Å². The number of carbonyl (C=O) groups is 1. The first-order valence-electron chi connectivity index (χ1n) is 7.39. The number of imidazole rings is 1. The largest absolute Gasteiger partial charge is 0.334 e. The van der Waals surface area contributed by atoms with E-state index in [-0.39, 0.29) is 18.3 Å². The van der Waals surface area contributed by atoms with E-state index < -0.39 is 6.55 Å². The Hall–Kier alpha value is -2.83. The van der Waals surface area contributed by atoms with Crippen LogP contribution in [0.3, 0.4) is 0 Å². The average molecular weight is 330 g/mol. The SMILES string of the molecule is Cc1ccc(C(=O)N(C)Cc2nc3ccccc3n2C(F)F)cn1. The van der Waals surface area contributed by atoms with Gasteiger partial charge in [-0.15, -0.1) is 0 Å². The Labute approximate surface area is 137 Å². The minimum atomic E-state index is -2.73. The third kappa shape index (κ3) is 2.97. The van der Waals surface area contributed by atoms with Gasteiger partial charge >= 0.3 is 6.55 Å². The number of aromatic nitrogens is 3. The summed E-state index contributed by atoms with van der Waals surface area (Å²) in [5, 5.41) is 0. The number of nitrogens with zero attached hydrogens (tertiary/aromatic N) is 4. The number of hydrogen-bond acceptors (Lipinski definition) is 3. The van der Waals surface area contributed by atoms with Crippen LogP contribution < -0.4 is 0 Å². The van der Waals surface area contributed by atoms with Gasteiger partial charge in [-0.05, 0) is 31.2 Å². The summed E-state index contributed by atoms with van der Waals surface area (Å²) in [7, 11) is 1.55. The highest BCUT2D eigenvalue weighted by molar-refractivity contribution is 5.93. The molecule has 0 aliphatic carbocycles. The van der Waals surface area contributed by atoms with Crippen molar-refractivity contribution in [2.24, 2.45) is 0 Å². The molecule has 5 nitrogen and oxygen atoms in total. The second-order valence-corrected chi connectivity index (χ2v) is 5.51. The first-order valence-corrected chi connectivity index (χ1v) is 7.39. The van der Waals surface area contributed by atoms with Crippen molar-refractivity contribution < 1.29 is 13.6 Å². The molecule has 0 fully saturated rings. The van der Waals surface area contributed by atoms with Crippen LogP contribution in [0.15, 0.2) is 42.6 Å². The Bertz CT molecular complexity index is 874. The Morgan fingerprint density at radius 3 is 2.67 bits per heavy atom. The number of aryl methyl sites for hydroxylation is 1. The Morgan fingerprint density at radius 2 is 2.00 bits per heavy atom. The minimum Gasteiger partial charge on any atom is -0.334 e. The molecule has 0 bridgehead atoms. The topological polar surface area (TPSA) is 51.0 Å². The number of halogens is 2. The van der Waals surface area contributed by atoms with Crippen LogP contribution in [0.4, 0.5) is 8.78 Å². The molecule has 2 heterocycles. The summed E-state index contributed by atoms with van der Waals surface area (Å²) < 4.78 is 27.7. The van der Waals surface area contributed by atoms with Crippen LogP contribution in [0.1, 0.15) is 28.4 Å². The molecule has 7 heteroatoms. The lowest BCUT2D eigenvalue weighted by atomic mass is 10.2. The van der Waals surface area contributed by atoms with E-state index in [4.69, 9.17) is 0 Å². The molecule has 0 saturated heterocycles. The molecular weight excluding hydrogens is 314 g/mol. The summed E-state index contributed by atoms with van der Waals surface area (Å²) in [4.78, 5) is 22.1. The fourth-order valence-electron chi connectivity index (χ4n) is 2.52. The second kappa shape index (κ2) is 6.35. The number of amides is 1. The third-order valence-corrected chi connectivity index (χ3v) is 3.75. The number of hydrogen-bond donors (Lipinski definition) is 0. The molecule has 3 aromatic rings. The molecule has 0 radical (unpaired) electrons. The molecule has 124 valence electrons. The maximum Gasteiger partial charge on any atom is 0.320 e. The smallest absolute Gasteiger partial charge is 0.320 e. The summed E-state index contributed by atoms with van der Waals surface area (Å²) in [5.41, 5.74) is 2.03. The second-order valence-electron chi connectivity index (χ2n) is 5.51. The van der Waals surface area contributed by atoms with E-state index in [1.807, 2.05) is 6.92 Å². The number of benzene rings is 1. The molecule has 0 aliphatic rings. The third-order valence-electron chi connectivity index (χ3n) is 3.75.